The maximum absolute atomic E-state index is 12.3. The Labute approximate surface area is 167 Å². The van der Waals surface area contributed by atoms with Crippen LogP contribution in [0.25, 0.3) is 0 Å². The maximum atomic E-state index is 12.3. The third-order valence-electron chi connectivity index (χ3n) is 4.07. The number of carbonyl (C=O) groups excluding carboxylic acids is 2. The normalized spacial score (nSPS) is 10.5. The third-order valence-corrected chi connectivity index (χ3v) is 5.09. The van der Waals surface area contributed by atoms with Crippen molar-refractivity contribution >= 4 is 29.3 Å². The minimum absolute atomic E-state index is 0.146. The van der Waals surface area contributed by atoms with E-state index in [-0.39, 0.29) is 11.7 Å². The molecule has 0 saturated heterocycles. The van der Waals surface area contributed by atoms with Crippen LogP contribution in [-0.2, 0) is 23.0 Å². The molecule has 1 amide bonds. The lowest BCUT2D eigenvalue weighted by Gasteiger charge is -2.09. The van der Waals surface area contributed by atoms with Gasteiger partial charge in [0.1, 0.15) is 5.82 Å². The van der Waals surface area contributed by atoms with Crippen molar-refractivity contribution < 1.29 is 14.3 Å². The van der Waals surface area contributed by atoms with Crippen LogP contribution in [0.15, 0.2) is 59.8 Å². The second-order valence-corrected chi connectivity index (χ2v) is 6.94. The first kappa shape index (κ1) is 19.6. The van der Waals surface area contributed by atoms with E-state index in [2.05, 4.69) is 15.5 Å². The summed E-state index contributed by atoms with van der Waals surface area (Å²) in [5.74, 6) is 0.230. The van der Waals surface area contributed by atoms with Gasteiger partial charge in [0.15, 0.2) is 5.16 Å². The van der Waals surface area contributed by atoms with Gasteiger partial charge in [0.25, 0.3) is 0 Å². The number of anilines is 1. The van der Waals surface area contributed by atoms with Crippen LogP contribution in [0, 0.1) is 0 Å². The van der Waals surface area contributed by atoms with E-state index in [1.807, 2.05) is 41.9 Å². The van der Waals surface area contributed by atoms with Crippen LogP contribution in [0.2, 0.25) is 0 Å². The molecule has 0 saturated carbocycles. The van der Waals surface area contributed by atoms with Crippen molar-refractivity contribution in [3.63, 3.8) is 0 Å². The van der Waals surface area contributed by atoms with Gasteiger partial charge >= 0.3 is 5.97 Å². The monoisotopic (exact) mass is 396 g/mol. The molecule has 0 fully saturated rings. The molecule has 2 aromatic carbocycles. The van der Waals surface area contributed by atoms with Crippen molar-refractivity contribution in [3.05, 3.63) is 71.5 Å². The smallest absolute Gasteiger partial charge is 0.339 e. The van der Waals surface area contributed by atoms with Crippen molar-refractivity contribution in [3.8, 4) is 0 Å². The Hall–Kier alpha value is -3.13. The van der Waals surface area contributed by atoms with Crippen molar-refractivity contribution in [2.24, 2.45) is 7.05 Å². The van der Waals surface area contributed by atoms with E-state index in [0.29, 0.717) is 22.8 Å². The van der Waals surface area contributed by atoms with Crippen LogP contribution in [0.4, 0.5) is 5.69 Å². The molecule has 0 bridgehead atoms. The zero-order chi connectivity index (χ0) is 19.9. The summed E-state index contributed by atoms with van der Waals surface area (Å²) in [7, 11) is 3.18. The molecule has 0 atom stereocenters. The molecule has 8 heteroatoms. The van der Waals surface area contributed by atoms with Gasteiger partial charge in [-0.1, -0.05) is 54.2 Å². The summed E-state index contributed by atoms with van der Waals surface area (Å²) in [6, 6.07) is 16.7. The number of rotatable bonds is 7. The molecule has 1 heterocycles. The molecule has 3 rings (SSSR count). The maximum Gasteiger partial charge on any atom is 0.339 e. The van der Waals surface area contributed by atoms with Gasteiger partial charge in [0.05, 0.1) is 24.1 Å². The zero-order valence-electron chi connectivity index (χ0n) is 15.6. The quantitative estimate of drug-likeness (QED) is 0.488. The second-order valence-electron chi connectivity index (χ2n) is 5.99. The fourth-order valence-corrected chi connectivity index (χ4v) is 3.33. The second kappa shape index (κ2) is 9.18. The Bertz CT molecular complexity index is 973. The van der Waals surface area contributed by atoms with E-state index in [4.69, 9.17) is 4.74 Å². The van der Waals surface area contributed by atoms with Crippen molar-refractivity contribution in [1.29, 1.82) is 0 Å². The highest BCUT2D eigenvalue weighted by Gasteiger charge is 2.15. The van der Waals surface area contributed by atoms with Crippen LogP contribution in [-0.4, -0.2) is 39.5 Å². The summed E-state index contributed by atoms with van der Waals surface area (Å²) in [4.78, 5) is 24.1. The number of aromatic nitrogens is 3. The number of carbonyl (C=O) groups is 2. The molecule has 7 nitrogen and oxygen atoms in total. The number of amides is 1. The predicted octanol–water partition coefficient (Wildman–Crippen LogP) is 2.92. The molecule has 0 aliphatic heterocycles. The number of thioether (sulfide) groups is 1. The summed E-state index contributed by atoms with van der Waals surface area (Å²) < 4.78 is 6.62. The minimum Gasteiger partial charge on any atom is -0.465 e. The lowest BCUT2D eigenvalue weighted by Crippen LogP contribution is -2.17. The molecule has 1 aromatic heterocycles. The van der Waals surface area contributed by atoms with E-state index in [0.717, 1.165) is 11.4 Å². The van der Waals surface area contributed by atoms with Gasteiger partial charge in [-0.25, -0.2) is 4.79 Å². The summed E-state index contributed by atoms with van der Waals surface area (Å²) in [5.41, 5.74) is 1.88. The topological polar surface area (TPSA) is 86.1 Å². The Morgan fingerprint density at radius 3 is 2.54 bits per heavy atom. The first-order valence-corrected chi connectivity index (χ1v) is 9.59. The number of nitrogens with one attached hydrogen (secondary N) is 1. The van der Waals surface area contributed by atoms with E-state index in [1.54, 1.807) is 24.3 Å². The van der Waals surface area contributed by atoms with E-state index >= 15 is 0 Å². The van der Waals surface area contributed by atoms with Gasteiger partial charge in [-0.2, -0.15) is 0 Å². The van der Waals surface area contributed by atoms with E-state index in [9.17, 15) is 9.59 Å². The van der Waals surface area contributed by atoms with Crippen LogP contribution < -0.4 is 5.32 Å². The van der Waals surface area contributed by atoms with Crippen LogP contribution in [0.5, 0.6) is 0 Å². The number of esters is 1. The first-order valence-electron chi connectivity index (χ1n) is 8.60. The summed E-state index contributed by atoms with van der Waals surface area (Å²) >= 11 is 1.29. The Morgan fingerprint density at radius 2 is 1.79 bits per heavy atom. The van der Waals surface area contributed by atoms with Crippen molar-refractivity contribution in [2.45, 2.75) is 11.6 Å². The molecule has 3 aromatic rings. The SMILES string of the molecule is COC(=O)c1ccccc1NC(=O)CSc1nnc(Cc2ccccc2)n1C. The van der Waals surface area contributed by atoms with Crippen molar-refractivity contribution in [2.75, 3.05) is 18.2 Å². The van der Waals surface area contributed by atoms with Crippen LogP contribution >= 0.6 is 11.8 Å². The lowest BCUT2D eigenvalue weighted by molar-refractivity contribution is -0.113. The summed E-state index contributed by atoms with van der Waals surface area (Å²) in [6.07, 6.45) is 0.670. The predicted molar refractivity (Wildman–Crippen MR) is 107 cm³/mol. The van der Waals surface area contributed by atoms with Gasteiger partial charge in [0.2, 0.25) is 5.91 Å². The lowest BCUT2D eigenvalue weighted by atomic mass is 10.1. The number of methoxy groups -OCH3 is 1. The fraction of sp³-hybridized carbons (Fsp3) is 0.200. The zero-order valence-corrected chi connectivity index (χ0v) is 16.4. The Kier molecular flexibility index (Phi) is 6.44. The standard InChI is InChI=1S/C20H20N4O3S/c1-24-17(12-14-8-4-3-5-9-14)22-23-20(24)28-13-18(25)21-16-11-7-6-10-15(16)19(26)27-2/h3-11H,12-13H2,1-2H3,(H,21,25). The molecule has 1 N–H and O–H groups in total. The molecule has 0 spiro atoms. The largest absolute Gasteiger partial charge is 0.465 e. The molecule has 0 unspecified atom stereocenters. The molecular formula is C20H20N4O3S. The number of hydrogen-bond acceptors (Lipinski definition) is 6. The molecule has 28 heavy (non-hydrogen) atoms. The number of benzene rings is 2. The van der Waals surface area contributed by atoms with Gasteiger partial charge < -0.3 is 14.6 Å². The molecule has 0 aliphatic carbocycles. The van der Waals surface area contributed by atoms with Crippen LogP contribution in [0.1, 0.15) is 21.7 Å². The van der Waals surface area contributed by atoms with E-state index < -0.39 is 5.97 Å². The molecular weight excluding hydrogens is 376 g/mol. The van der Waals surface area contributed by atoms with E-state index in [1.165, 1.54) is 18.9 Å². The van der Waals surface area contributed by atoms with Gasteiger partial charge in [-0.15, -0.1) is 10.2 Å². The highest BCUT2D eigenvalue weighted by atomic mass is 32.2. The number of nitrogens with zero attached hydrogens (tertiary/aromatic N) is 3. The molecule has 144 valence electrons. The number of hydrogen-bond donors (Lipinski definition) is 1. The van der Waals surface area contributed by atoms with Gasteiger partial charge in [-0.3, -0.25) is 4.79 Å². The molecule has 0 radical (unpaired) electrons. The number of para-hydroxylation sites is 1. The van der Waals surface area contributed by atoms with Gasteiger partial charge in [0, 0.05) is 13.5 Å². The van der Waals surface area contributed by atoms with Gasteiger partial charge in [-0.05, 0) is 17.7 Å². The third kappa shape index (κ3) is 4.77. The minimum atomic E-state index is -0.498. The average Bonchev–Trinajstić information content (AvgIpc) is 3.06. The Balaban J connectivity index is 1.61. The van der Waals surface area contributed by atoms with Crippen molar-refractivity contribution in [1.82, 2.24) is 14.8 Å². The summed E-state index contributed by atoms with van der Waals surface area (Å²) in [5, 5.41) is 11.8. The highest BCUT2D eigenvalue weighted by Crippen LogP contribution is 2.20. The average molecular weight is 396 g/mol. The van der Waals surface area contributed by atoms with Crippen LogP contribution in [0.3, 0.4) is 0 Å². The Morgan fingerprint density at radius 1 is 1.07 bits per heavy atom. The molecule has 0 aliphatic rings. The highest BCUT2D eigenvalue weighted by molar-refractivity contribution is 7.99. The number of ether oxygens (including phenoxy) is 1. The first-order chi connectivity index (χ1) is 13.6. The summed E-state index contributed by atoms with van der Waals surface area (Å²) in [6.45, 7) is 0. The fourth-order valence-electron chi connectivity index (χ4n) is 2.60.